The molecule has 2 amide bonds. The number of nitrogens with zero attached hydrogens (tertiary/aromatic N) is 3. The van der Waals surface area contributed by atoms with E-state index in [1.807, 2.05) is 24.6 Å². The number of aryl methyl sites for hydroxylation is 2. The number of hydrogen-bond donors (Lipinski definition) is 2. The van der Waals surface area contributed by atoms with Crippen molar-refractivity contribution in [3.8, 4) is 0 Å². The molecule has 0 bridgehead atoms. The average molecular weight is 376 g/mol. The van der Waals surface area contributed by atoms with Crippen molar-refractivity contribution in [3.63, 3.8) is 0 Å². The first kappa shape index (κ1) is 19.9. The first-order valence-corrected chi connectivity index (χ1v) is 10.4. The number of hydrogen-bond acceptors (Lipinski definition) is 4. The minimum Gasteiger partial charge on any atom is -0.355 e. The van der Waals surface area contributed by atoms with E-state index in [1.165, 1.54) is 19.3 Å². The van der Waals surface area contributed by atoms with Crippen LogP contribution in [-0.4, -0.2) is 57.7 Å². The van der Waals surface area contributed by atoms with Gasteiger partial charge in [-0.25, -0.2) is 0 Å². The van der Waals surface area contributed by atoms with Crippen molar-refractivity contribution in [2.24, 2.45) is 0 Å². The van der Waals surface area contributed by atoms with Crippen molar-refractivity contribution in [1.82, 2.24) is 25.3 Å². The van der Waals surface area contributed by atoms with Crippen LogP contribution in [0.25, 0.3) is 0 Å². The molecule has 0 unspecified atom stereocenters. The van der Waals surface area contributed by atoms with Gasteiger partial charge in [0.1, 0.15) is 0 Å². The van der Waals surface area contributed by atoms with E-state index < -0.39 is 0 Å². The Morgan fingerprint density at radius 3 is 2.70 bits per heavy atom. The summed E-state index contributed by atoms with van der Waals surface area (Å²) >= 11 is 0. The van der Waals surface area contributed by atoms with Gasteiger partial charge in [0, 0.05) is 50.0 Å². The lowest BCUT2D eigenvalue weighted by Crippen LogP contribution is -2.48. The van der Waals surface area contributed by atoms with Crippen molar-refractivity contribution in [2.75, 3.05) is 13.1 Å². The van der Waals surface area contributed by atoms with Crippen LogP contribution in [0.2, 0.25) is 0 Å². The van der Waals surface area contributed by atoms with Crippen LogP contribution >= 0.6 is 0 Å². The maximum atomic E-state index is 12.6. The lowest BCUT2D eigenvalue weighted by molar-refractivity contribution is -0.126. The summed E-state index contributed by atoms with van der Waals surface area (Å²) in [6.45, 7) is 5.95. The topological polar surface area (TPSA) is 79.3 Å². The van der Waals surface area contributed by atoms with Crippen molar-refractivity contribution in [1.29, 1.82) is 0 Å². The summed E-state index contributed by atoms with van der Waals surface area (Å²) in [6, 6.07) is 2.34. The molecule has 7 nitrogen and oxygen atoms in total. The summed E-state index contributed by atoms with van der Waals surface area (Å²) in [6.07, 6.45) is 8.97. The number of amides is 2. The Morgan fingerprint density at radius 2 is 2.04 bits per heavy atom. The van der Waals surface area contributed by atoms with E-state index in [9.17, 15) is 9.59 Å². The molecule has 1 aliphatic heterocycles. The second-order valence-electron chi connectivity index (χ2n) is 7.84. The van der Waals surface area contributed by atoms with Crippen LogP contribution in [0.1, 0.15) is 57.6 Å². The smallest absolute Gasteiger partial charge is 0.237 e. The molecule has 27 heavy (non-hydrogen) atoms. The Morgan fingerprint density at radius 1 is 1.26 bits per heavy atom. The summed E-state index contributed by atoms with van der Waals surface area (Å²) in [4.78, 5) is 27.3. The molecule has 2 atom stereocenters. The number of carbonyl (C=O) groups is 2. The summed E-state index contributed by atoms with van der Waals surface area (Å²) in [5.74, 6) is 0.141. The van der Waals surface area contributed by atoms with Crippen LogP contribution in [-0.2, 0) is 16.1 Å². The molecule has 0 aromatic carbocycles. The van der Waals surface area contributed by atoms with Crippen LogP contribution in [0.5, 0.6) is 0 Å². The van der Waals surface area contributed by atoms with Gasteiger partial charge in [-0.15, -0.1) is 0 Å². The van der Waals surface area contributed by atoms with Gasteiger partial charge in [-0.3, -0.25) is 19.2 Å². The van der Waals surface area contributed by atoms with Gasteiger partial charge in [0.2, 0.25) is 11.8 Å². The predicted octanol–water partition coefficient (Wildman–Crippen LogP) is 1.61. The van der Waals surface area contributed by atoms with Crippen molar-refractivity contribution in [2.45, 2.75) is 83.5 Å². The van der Waals surface area contributed by atoms with Crippen molar-refractivity contribution in [3.05, 3.63) is 18.0 Å². The minimum atomic E-state index is -0.119. The molecule has 0 radical (unpaired) electrons. The van der Waals surface area contributed by atoms with E-state index in [0.717, 1.165) is 25.1 Å². The SMILES string of the molecule is CCNC(=O)[C@@H]1C[C@H](NC(=O)CCn2nccc2C)CN1C1CCCCC1. The van der Waals surface area contributed by atoms with Gasteiger partial charge < -0.3 is 10.6 Å². The Labute approximate surface area is 161 Å². The molecule has 2 aliphatic rings. The first-order valence-electron chi connectivity index (χ1n) is 10.4. The van der Waals surface area contributed by atoms with Crippen LogP contribution in [0.15, 0.2) is 12.3 Å². The van der Waals surface area contributed by atoms with Crippen LogP contribution in [0.3, 0.4) is 0 Å². The van der Waals surface area contributed by atoms with E-state index in [2.05, 4.69) is 20.6 Å². The third-order valence-corrected chi connectivity index (χ3v) is 5.88. The monoisotopic (exact) mass is 375 g/mol. The molecule has 1 aromatic rings. The molecule has 1 aliphatic carbocycles. The molecule has 2 heterocycles. The molecule has 0 spiro atoms. The highest BCUT2D eigenvalue weighted by Crippen LogP contribution is 2.29. The van der Waals surface area contributed by atoms with Gasteiger partial charge in [0.05, 0.1) is 6.04 Å². The Kier molecular flexibility index (Phi) is 6.88. The zero-order valence-electron chi connectivity index (χ0n) is 16.6. The molecule has 1 saturated heterocycles. The number of carbonyl (C=O) groups excluding carboxylic acids is 2. The summed E-state index contributed by atoms with van der Waals surface area (Å²) in [5, 5.41) is 10.4. The largest absolute Gasteiger partial charge is 0.355 e. The average Bonchev–Trinajstić information content (AvgIpc) is 3.27. The number of rotatable bonds is 7. The normalized spacial score (nSPS) is 24.1. The van der Waals surface area contributed by atoms with E-state index in [0.29, 0.717) is 32.0 Å². The fourth-order valence-corrected chi connectivity index (χ4v) is 4.47. The summed E-state index contributed by atoms with van der Waals surface area (Å²) in [5.41, 5.74) is 1.06. The third-order valence-electron chi connectivity index (χ3n) is 5.88. The lowest BCUT2D eigenvalue weighted by Gasteiger charge is -2.34. The zero-order chi connectivity index (χ0) is 19.2. The van der Waals surface area contributed by atoms with Crippen LogP contribution < -0.4 is 10.6 Å². The maximum Gasteiger partial charge on any atom is 0.237 e. The van der Waals surface area contributed by atoms with Gasteiger partial charge in [-0.2, -0.15) is 5.10 Å². The first-order chi connectivity index (χ1) is 13.1. The van der Waals surface area contributed by atoms with E-state index in [4.69, 9.17) is 0 Å². The number of nitrogens with one attached hydrogen (secondary N) is 2. The van der Waals surface area contributed by atoms with Crippen LogP contribution in [0, 0.1) is 6.92 Å². The van der Waals surface area contributed by atoms with E-state index >= 15 is 0 Å². The molecular formula is C20H33N5O2. The van der Waals surface area contributed by atoms with E-state index in [1.54, 1.807) is 6.20 Å². The van der Waals surface area contributed by atoms with E-state index in [-0.39, 0.29) is 23.9 Å². The fourth-order valence-electron chi connectivity index (χ4n) is 4.47. The lowest BCUT2D eigenvalue weighted by atomic mass is 9.93. The molecule has 7 heteroatoms. The molecule has 1 aromatic heterocycles. The number of aromatic nitrogens is 2. The third kappa shape index (κ3) is 5.09. The zero-order valence-corrected chi connectivity index (χ0v) is 16.6. The maximum absolute atomic E-state index is 12.6. The van der Waals surface area contributed by atoms with Crippen molar-refractivity contribution < 1.29 is 9.59 Å². The second-order valence-corrected chi connectivity index (χ2v) is 7.84. The highest BCUT2D eigenvalue weighted by Gasteiger charge is 2.40. The minimum absolute atomic E-state index is 0.0371. The van der Waals surface area contributed by atoms with Gasteiger partial charge in [0.25, 0.3) is 0 Å². The Bertz CT molecular complexity index is 638. The predicted molar refractivity (Wildman–Crippen MR) is 104 cm³/mol. The summed E-state index contributed by atoms with van der Waals surface area (Å²) < 4.78 is 1.85. The number of likely N-dealkylation sites (N-methyl/N-ethyl adjacent to an activating group) is 1. The standard InChI is InChI=1S/C20H33N5O2/c1-3-21-20(27)18-13-16(14-24(18)17-7-5-4-6-8-17)23-19(26)10-12-25-15(2)9-11-22-25/h9,11,16-18H,3-8,10,12-14H2,1-2H3,(H,21,27)(H,23,26)/t16-,18-/m0/s1. The Balaban J connectivity index is 1.56. The fraction of sp³-hybridized carbons (Fsp3) is 0.750. The molecular weight excluding hydrogens is 342 g/mol. The Hall–Kier alpha value is -1.89. The van der Waals surface area contributed by atoms with Crippen LogP contribution in [0.4, 0.5) is 0 Å². The second kappa shape index (κ2) is 9.35. The molecule has 2 N–H and O–H groups in total. The highest BCUT2D eigenvalue weighted by molar-refractivity contribution is 5.82. The van der Waals surface area contributed by atoms with Gasteiger partial charge in [0.15, 0.2) is 0 Å². The highest BCUT2D eigenvalue weighted by atomic mass is 16.2. The molecule has 1 saturated carbocycles. The molecule has 2 fully saturated rings. The molecule has 150 valence electrons. The summed E-state index contributed by atoms with van der Waals surface area (Å²) in [7, 11) is 0. The quantitative estimate of drug-likeness (QED) is 0.759. The number of likely N-dealkylation sites (tertiary alicyclic amines) is 1. The van der Waals surface area contributed by atoms with Gasteiger partial charge in [-0.05, 0) is 39.2 Å². The van der Waals surface area contributed by atoms with Gasteiger partial charge >= 0.3 is 0 Å². The molecule has 3 rings (SSSR count). The van der Waals surface area contributed by atoms with Crippen molar-refractivity contribution >= 4 is 11.8 Å². The van der Waals surface area contributed by atoms with Gasteiger partial charge in [-0.1, -0.05) is 19.3 Å².